The molecule has 0 aliphatic carbocycles. The van der Waals surface area contributed by atoms with Crippen LogP contribution in [0.25, 0.3) is 0 Å². The Labute approximate surface area is 154 Å². The number of amides is 1. The van der Waals surface area contributed by atoms with Crippen LogP contribution in [0.5, 0.6) is 5.75 Å². The fourth-order valence-corrected chi connectivity index (χ4v) is 2.37. The van der Waals surface area contributed by atoms with E-state index >= 15 is 0 Å². The standard InChI is InChI=1S/C20H15FN2O4/c21-18-11-10-16(12-19(18)23(25)26)22-20(24)15-8-6-14(7-9-15)13-27-17-4-2-1-3-5-17/h1-12H,13H2,(H,22,24). The van der Waals surface area contributed by atoms with Gasteiger partial charge in [0.15, 0.2) is 0 Å². The second-order valence-corrected chi connectivity index (χ2v) is 5.68. The summed E-state index contributed by atoms with van der Waals surface area (Å²) in [5, 5.41) is 13.3. The van der Waals surface area contributed by atoms with Crippen molar-refractivity contribution in [2.45, 2.75) is 6.61 Å². The van der Waals surface area contributed by atoms with Crippen LogP contribution in [0.2, 0.25) is 0 Å². The van der Waals surface area contributed by atoms with E-state index in [4.69, 9.17) is 4.74 Å². The van der Waals surface area contributed by atoms with Crippen molar-refractivity contribution in [1.29, 1.82) is 0 Å². The van der Waals surface area contributed by atoms with Gasteiger partial charge in [-0.25, -0.2) is 0 Å². The molecule has 0 saturated heterocycles. The molecule has 0 fully saturated rings. The van der Waals surface area contributed by atoms with Crippen molar-refractivity contribution in [1.82, 2.24) is 0 Å². The minimum atomic E-state index is -0.958. The Morgan fingerprint density at radius 3 is 2.41 bits per heavy atom. The third-order valence-electron chi connectivity index (χ3n) is 3.77. The van der Waals surface area contributed by atoms with E-state index in [1.54, 1.807) is 24.3 Å². The molecule has 6 nitrogen and oxygen atoms in total. The molecule has 3 aromatic rings. The predicted octanol–water partition coefficient (Wildman–Crippen LogP) is 4.57. The highest BCUT2D eigenvalue weighted by molar-refractivity contribution is 6.04. The van der Waals surface area contributed by atoms with Gasteiger partial charge in [0.1, 0.15) is 12.4 Å². The van der Waals surface area contributed by atoms with Gasteiger partial charge in [-0.05, 0) is 42.0 Å². The Hall–Kier alpha value is -3.74. The second kappa shape index (κ2) is 8.09. The average molecular weight is 366 g/mol. The first-order chi connectivity index (χ1) is 13.0. The van der Waals surface area contributed by atoms with Crippen LogP contribution < -0.4 is 10.1 Å². The van der Waals surface area contributed by atoms with E-state index in [2.05, 4.69) is 5.32 Å². The number of hydrogen-bond donors (Lipinski definition) is 1. The lowest BCUT2D eigenvalue weighted by Crippen LogP contribution is -2.12. The molecule has 1 N–H and O–H groups in total. The minimum absolute atomic E-state index is 0.143. The number of carbonyl (C=O) groups excluding carboxylic acids is 1. The summed E-state index contributed by atoms with van der Waals surface area (Å²) in [4.78, 5) is 22.2. The molecule has 3 rings (SSSR count). The zero-order valence-corrected chi connectivity index (χ0v) is 14.1. The van der Waals surface area contributed by atoms with E-state index in [-0.39, 0.29) is 5.69 Å². The predicted molar refractivity (Wildman–Crippen MR) is 98.2 cm³/mol. The van der Waals surface area contributed by atoms with E-state index < -0.39 is 22.3 Å². The molecule has 1 amide bonds. The van der Waals surface area contributed by atoms with Crippen molar-refractivity contribution >= 4 is 17.3 Å². The Kier molecular flexibility index (Phi) is 5.41. The monoisotopic (exact) mass is 366 g/mol. The number of nitrogens with zero attached hydrogens (tertiary/aromatic N) is 1. The molecule has 136 valence electrons. The number of nitro groups is 1. The van der Waals surface area contributed by atoms with Gasteiger partial charge in [-0.2, -0.15) is 4.39 Å². The number of benzene rings is 3. The maximum absolute atomic E-state index is 13.4. The SMILES string of the molecule is O=C(Nc1ccc(F)c([N+](=O)[O-])c1)c1ccc(COc2ccccc2)cc1. The third kappa shape index (κ3) is 4.66. The molecule has 0 heterocycles. The lowest BCUT2D eigenvalue weighted by Gasteiger charge is -2.08. The molecule has 7 heteroatoms. The topological polar surface area (TPSA) is 81.5 Å². The quantitative estimate of drug-likeness (QED) is 0.512. The lowest BCUT2D eigenvalue weighted by molar-refractivity contribution is -0.387. The molecule has 27 heavy (non-hydrogen) atoms. The fraction of sp³-hybridized carbons (Fsp3) is 0.0500. The van der Waals surface area contributed by atoms with Crippen molar-refractivity contribution in [2.24, 2.45) is 0 Å². The number of ether oxygens (including phenoxy) is 1. The summed E-state index contributed by atoms with van der Waals surface area (Å²) in [6.07, 6.45) is 0. The molecule has 0 aromatic heterocycles. The van der Waals surface area contributed by atoms with Crippen LogP contribution >= 0.6 is 0 Å². The summed E-state index contributed by atoms with van der Waals surface area (Å²) in [6.45, 7) is 0.357. The van der Waals surface area contributed by atoms with Crippen LogP contribution in [0.15, 0.2) is 72.8 Å². The van der Waals surface area contributed by atoms with Crippen molar-refractivity contribution in [3.8, 4) is 5.75 Å². The average Bonchev–Trinajstić information content (AvgIpc) is 2.69. The molecule has 0 aliphatic rings. The Bertz CT molecular complexity index is 959. The van der Waals surface area contributed by atoms with Gasteiger partial charge in [0, 0.05) is 17.3 Å². The van der Waals surface area contributed by atoms with Crippen LogP contribution in [-0.4, -0.2) is 10.8 Å². The van der Waals surface area contributed by atoms with Crippen molar-refractivity contribution in [3.63, 3.8) is 0 Å². The summed E-state index contributed by atoms with van der Waals surface area (Å²) in [6, 6.07) is 19.3. The molecule has 3 aromatic carbocycles. The van der Waals surface area contributed by atoms with E-state index in [1.807, 2.05) is 30.3 Å². The molecule has 0 unspecified atom stereocenters. The first-order valence-electron chi connectivity index (χ1n) is 8.05. The number of para-hydroxylation sites is 1. The molecule has 0 aliphatic heterocycles. The van der Waals surface area contributed by atoms with Crippen molar-refractivity contribution in [3.05, 3.63) is 99.9 Å². The summed E-state index contributed by atoms with van der Waals surface area (Å²) in [5.74, 6) is -0.663. The lowest BCUT2D eigenvalue weighted by atomic mass is 10.1. The summed E-state index contributed by atoms with van der Waals surface area (Å²) < 4.78 is 19.0. The van der Waals surface area contributed by atoms with Crippen molar-refractivity contribution in [2.75, 3.05) is 5.32 Å². The van der Waals surface area contributed by atoms with Crippen molar-refractivity contribution < 1.29 is 18.8 Å². The summed E-state index contributed by atoms with van der Waals surface area (Å²) in [7, 11) is 0. The van der Waals surface area contributed by atoms with Gasteiger partial charge < -0.3 is 10.1 Å². The third-order valence-corrected chi connectivity index (χ3v) is 3.77. The molecule has 0 bridgehead atoms. The first kappa shape index (κ1) is 18.1. The zero-order chi connectivity index (χ0) is 19.2. The van der Waals surface area contributed by atoms with E-state index in [9.17, 15) is 19.3 Å². The van der Waals surface area contributed by atoms with Gasteiger partial charge in [0.05, 0.1) is 4.92 Å². The highest BCUT2D eigenvalue weighted by Crippen LogP contribution is 2.22. The van der Waals surface area contributed by atoms with Crippen LogP contribution in [-0.2, 0) is 6.61 Å². The fourth-order valence-electron chi connectivity index (χ4n) is 2.37. The van der Waals surface area contributed by atoms with Gasteiger partial charge in [-0.1, -0.05) is 30.3 Å². The Morgan fingerprint density at radius 2 is 1.74 bits per heavy atom. The summed E-state index contributed by atoms with van der Waals surface area (Å²) >= 11 is 0. The van der Waals surface area contributed by atoms with Gasteiger partial charge in [0.25, 0.3) is 5.91 Å². The number of nitro benzene ring substituents is 1. The minimum Gasteiger partial charge on any atom is -0.489 e. The number of carbonyl (C=O) groups is 1. The van der Waals surface area contributed by atoms with Gasteiger partial charge >= 0.3 is 5.69 Å². The van der Waals surface area contributed by atoms with E-state index in [0.29, 0.717) is 12.2 Å². The largest absolute Gasteiger partial charge is 0.489 e. The molecule has 0 atom stereocenters. The Morgan fingerprint density at radius 1 is 1.04 bits per heavy atom. The molecule has 0 spiro atoms. The van der Waals surface area contributed by atoms with Crippen LogP contribution in [0.1, 0.15) is 15.9 Å². The van der Waals surface area contributed by atoms with E-state index in [0.717, 1.165) is 23.4 Å². The molecule has 0 saturated carbocycles. The smallest absolute Gasteiger partial charge is 0.306 e. The van der Waals surface area contributed by atoms with Gasteiger partial charge in [-0.3, -0.25) is 14.9 Å². The molecular formula is C20H15FN2O4. The second-order valence-electron chi connectivity index (χ2n) is 5.68. The highest BCUT2D eigenvalue weighted by atomic mass is 19.1. The maximum atomic E-state index is 13.4. The van der Waals surface area contributed by atoms with Crippen LogP contribution in [0.4, 0.5) is 15.8 Å². The van der Waals surface area contributed by atoms with Crippen LogP contribution in [0, 0.1) is 15.9 Å². The number of rotatable bonds is 6. The number of halogens is 1. The van der Waals surface area contributed by atoms with Crippen LogP contribution in [0.3, 0.4) is 0 Å². The first-order valence-corrected chi connectivity index (χ1v) is 8.05. The van der Waals surface area contributed by atoms with Gasteiger partial charge in [-0.15, -0.1) is 0 Å². The highest BCUT2D eigenvalue weighted by Gasteiger charge is 2.15. The normalized spacial score (nSPS) is 10.3. The maximum Gasteiger partial charge on any atom is 0.306 e. The molecule has 0 radical (unpaired) electrons. The van der Waals surface area contributed by atoms with Gasteiger partial charge in [0.2, 0.25) is 5.82 Å². The number of hydrogen-bond acceptors (Lipinski definition) is 4. The number of anilines is 1. The zero-order valence-electron chi connectivity index (χ0n) is 14.1. The van der Waals surface area contributed by atoms with E-state index in [1.165, 1.54) is 6.07 Å². The molecular weight excluding hydrogens is 351 g/mol. The summed E-state index contributed by atoms with van der Waals surface area (Å²) in [5.41, 5.74) is 0.698. The number of nitrogens with one attached hydrogen (secondary N) is 1. The Balaban J connectivity index is 1.64.